The van der Waals surface area contributed by atoms with Crippen LogP contribution in [0.15, 0.2) is 46.9 Å². The zero-order chi connectivity index (χ0) is 19.5. The van der Waals surface area contributed by atoms with Crippen molar-refractivity contribution in [2.75, 3.05) is 11.9 Å². The Morgan fingerprint density at radius 1 is 1.14 bits per heavy atom. The SMILES string of the molecule is O=C(COc1ccc2oc3c(c2c1)CCCC3)Nc1ccccc1OC(F)F. The van der Waals surface area contributed by atoms with Gasteiger partial charge in [-0.15, -0.1) is 0 Å². The molecule has 0 bridgehead atoms. The van der Waals surface area contributed by atoms with Gasteiger partial charge in [-0.3, -0.25) is 4.79 Å². The minimum absolute atomic E-state index is 0.0997. The number of nitrogens with one attached hydrogen (secondary N) is 1. The molecule has 28 heavy (non-hydrogen) atoms. The molecule has 5 nitrogen and oxygen atoms in total. The number of rotatable bonds is 6. The maximum atomic E-state index is 12.5. The number of furan rings is 1. The lowest BCUT2D eigenvalue weighted by Gasteiger charge is -2.12. The van der Waals surface area contributed by atoms with E-state index in [1.54, 1.807) is 18.2 Å². The number of alkyl halides is 2. The maximum Gasteiger partial charge on any atom is 0.387 e. The van der Waals surface area contributed by atoms with Crippen LogP contribution in [-0.4, -0.2) is 19.1 Å². The van der Waals surface area contributed by atoms with Crippen molar-refractivity contribution < 1.29 is 27.5 Å². The molecule has 0 saturated heterocycles. The summed E-state index contributed by atoms with van der Waals surface area (Å²) in [6.45, 7) is -3.23. The van der Waals surface area contributed by atoms with E-state index < -0.39 is 12.5 Å². The van der Waals surface area contributed by atoms with Gasteiger partial charge in [-0.25, -0.2) is 0 Å². The fourth-order valence-corrected chi connectivity index (χ4v) is 3.44. The summed E-state index contributed by atoms with van der Waals surface area (Å²) in [7, 11) is 0. The van der Waals surface area contributed by atoms with E-state index in [9.17, 15) is 13.6 Å². The van der Waals surface area contributed by atoms with Gasteiger partial charge in [0.25, 0.3) is 5.91 Å². The normalized spacial score (nSPS) is 13.4. The van der Waals surface area contributed by atoms with Crippen LogP contribution in [0.3, 0.4) is 0 Å². The first-order valence-corrected chi connectivity index (χ1v) is 9.11. The van der Waals surface area contributed by atoms with Crippen molar-refractivity contribution in [3.8, 4) is 11.5 Å². The molecule has 0 atom stereocenters. The number of hydrogen-bond donors (Lipinski definition) is 1. The molecule has 0 aliphatic heterocycles. The molecular formula is C21H19F2NO4. The zero-order valence-corrected chi connectivity index (χ0v) is 15.0. The first kappa shape index (κ1) is 18.3. The van der Waals surface area contributed by atoms with Crippen molar-refractivity contribution in [1.82, 2.24) is 0 Å². The summed E-state index contributed by atoms with van der Waals surface area (Å²) >= 11 is 0. The van der Waals surface area contributed by atoms with Gasteiger partial charge in [0.15, 0.2) is 6.61 Å². The highest BCUT2D eigenvalue weighted by atomic mass is 19.3. The Balaban J connectivity index is 1.43. The molecule has 146 valence electrons. The molecule has 1 amide bonds. The lowest BCUT2D eigenvalue weighted by Crippen LogP contribution is -2.20. The summed E-state index contributed by atoms with van der Waals surface area (Å²) in [5.74, 6) is 1.01. The summed E-state index contributed by atoms with van der Waals surface area (Å²) < 4.78 is 40.8. The van der Waals surface area contributed by atoms with E-state index in [0.717, 1.165) is 42.4 Å². The van der Waals surface area contributed by atoms with E-state index in [4.69, 9.17) is 9.15 Å². The second-order valence-corrected chi connectivity index (χ2v) is 6.58. The molecule has 1 aromatic heterocycles. The number of hydrogen-bond acceptors (Lipinski definition) is 4. The molecule has 3 aromatic rings. The molecule has 1 aliphatic carbocycles. The fraction of sp³-hybridized carbons (Fsp3) is 0.286. The van der Waals surface area contributed by atoms with Crippen LogP contribution < -0.4 is 14.8 Å². The predicted molar refractivity (Wildman–Crippen MR) is 100 cm³/mol. The number of aryl methyl sites for hydroxylation is 2. The first-order chi connectivity index (χ1) is 13.6. The Morgan fingerprint density at radius 3 is 2.82 bits per heavy atom. The van der Waals surface area contributed by atoms with Gasteiger partial charge < -0.3 is 19.2 Å². The molecule has 0 unspecified atom stereocenters. The van der Waals surface area contributed by atoms with Crippen LogP contribution in [-0.2, 0) is 17.6 Å². The largest absolute Gasteiger partial charge is 0.484 e. The van der Waals surface area contributed by atoms with Crippen molar-refractivity contribution in [3.05, 3.63) is 53.8 Å². The second-order valence-electron chi connectivity index (χ2n) is 6.58. The van der Waals surface area contributed by atoms with Gasteiger partial charge in [0, 0.05) is 17.4 Å². The molecule has 1 aliphatic rings. The summed E-state index contributed by atoms with van der Waals surface area (Å²) in [6, 6.07) is 11.5. The van der Waals surface area contributed by atoms with Gasteiger partial charge >= 0.3 is 6.61 Å². The molecule has 1 heterocycles. The Hall–Kier alpha value is -3.09. The van der Waals surface area contributed by atoms with E-state index in [1.807, 2.05) is 12.1 Å². The van der Waals surface area contributed by atoms with E-state index in [0.29, 0.717) is 5.75 Å². The minimum atomic E-state index is -2.97. The van der Waals surface area contributed by atoms with Crippen LogP contribution in [0.1, 0.15) is 24.2 Å². The van der Waals surface area contributed by atoms with Crippen LogP contribution >= 0.6 is 0 Å². The highest BCUT2D eigenvalue weighted by Gasteiger charge is 2.18. The molecule has 0 fully saturated rings. The maximum absolute atomic E-state index is 12.5. The summed E-state index contributed by atoms with van der Waals surface area (Å²) in [4.78, 5) is 12.2. The van der Waals surface area contributed by atoms with Gasteiger partial charge in [-0.05, 0) is 49.6 Å². The lowest BCUT2D eigenvalue weighted by atomic mass is 9.96. The van der Waals surface area contributed by atoms with Crippen molar-refractivity contribution in [2.24, 2.45) is 0 Å². The molecule has 0 saturated carbocycles. The Labute approximate surface area is 160 Å². The van der Waals surface area contributed by atoms with E-state index >= 15 is 0 Å². The zero-order valence-electron chi connectivity index (χ0n) is 15.0. The van der Waals surface area contributed by atoms with E-state index in [-0.39, 0.29) is 18.0 Å². The van der Waals surface area contributed by atoms with Crippen LogP contribution in [0.5, 0.6) is 11.5 Å². The highest BCUT2D eigenvalue weighted by molar-refractivity contribution is 5.93. The molecule has 0 spiro atoms. The van der Waals surface area contributed by atoms with Crippen LogP contribution in [0, 0.1) is 0 Å². The third kappa shape index (κ3) is 3.93. The van der Waals surface area contributed by atoms with Gasteiger partial charge in [-0.2, -0.15) is 8.78 Å². The number of benzene rings is 2. The smallest absolute Gasteiger partial charge is 0.387 e. The van der Waals surface area contributed by atoms with Crippen molar-refractivity contribution in [1.29, 1.82) is 0 Å². The topological polar surface area (TPSA) is 60.7 Å². The number of anilines is 1. The molecule has 4 rings (SSSR count). The van der Waals surface area contributed by atoms with Gasteiger partial charge in [0.05, 0.1) is 5.69 Å². The third-order valence-corrected chi connectivity index (χ3v) is 4.67. The number of ether oxygens (including phenoxy) is 2. The summed E-state index contributed by atoms with van der Waals surface area (Å²) in [5.41, 5.74) is 2.20. The van der Waals surface area contributed by atoms with Crippen LogP contribution in [0.25, 0.3) is 11.0 Å². The van der Waals surface area contributed by atoms with Gasteiger partial charge in [-0.1, -0.05) is 12.1 Å². The van der Waals surface area contributed by atoms with Crippen molar-refractivity contribution in [3.63, 3.8) is 0 Å². The second kappa shape index (κ2) is 7.88. The van der Waals surface area contributed by atoms with E-state index in [2.05, 4.69) is 10.1 Å². The number of amides is 1. The Bertz CT molecular complexity index is 999. The fourth-order valence-electron chi connectivity index (χ4n) is 3.44. The number of halogens is 2. The van der Waals surface area contributed by atoms with Crippen molar-refractivity contribution in [2.45, 2.75) is 32.3 Å². The molecule has 1 N–H and O–H groups in total. The standard InChI is InChI=1S/C21H19F2NO4/c22-21(23)28-19-8-4-2-6-16(19)24-20(25)12-26-13-9-10-18-15(11-13)14-5-1-3-7-17(14)27-18/h2,4,6,8-11,21H,1,3,5,7,12H2,(H,24,25). The first-order valence-electron chi connectivity index (χ1n) is 9.11. The average Bonchev–Trinajstić information content (AvgIpc) is 3.05. The number of para-hydroxylation sites is 2. The summed E-state index contributed by atoms with van der Waals surface area (Å²) in [5, 5.41) is 3.54. The highest BCUT2D eigenvalue weighted by Crippen LogP contribution is 2.34. The lowest BCUT2D eigenvalue weighted by molar-refractivity contribution is -0.118. The van der Waals surface area contributed by atoms with Crippen LogP contribution in [0.2, 0.25) is 0 Å². The summed E-state index contributed by atoms with van der Waals surface area (Å²) in [6.07, 6.45) is 4.19. The molecule has 0 radical (unpaired) electrons. The molecular weight excluding hydrogens is 368 g/mol. The number of fused-ring (bicyclic) bond motifs is 3. The van der Waals surface area contributed by atoms with E-state index in [1.165, 1.54) is 17.7 Å². The minimum Gasteiger partial charge on any atom is -0.484 e. The van der Waals surface area contributed by atoms with Crippen LogP contribution in [0.4, 0.5) is 14.5 Å². The average molecular weight is 387 g/mol. The third-order valence-electron chi connectivity index (χ3n) is 4.67. The quantitative estimate of drug-likeness (QED) is 0.651. The number of carbonyl (C=O) groups excluding carboxylic acids is 1. The van der Waals surface area contributed by atoms with Gasteiger partial charge in [0.1, 0.15) is 22.8 Å². The Kier molecular flexibility index (Phi) is 5.14. The van der Waals surface area contributed by atoms with Gasteiger partial charge in [0.2, 0.25) is 0 Å². The Morgan fingerprint density at radius 2 is 1.96 bits per heavy atom. The monoisotopic (exact) mass is 387 g/mol. The predicted octanol–water partition coefficient (Wildman–Crippen LogP) is 4.93. The van der Waals surface area contributed by atoms with Crippen molar-refractivity contribution >= 4 is 22.6 Å². The molecule has 7 heteroatoms. The molecule has 2 aromatic carbocycles. The number of carbonyl (C=O) groups is 1.